The molecule has 0 spiro atoms. The third kappa shape index (κ3) is 2.40. The van der Waals surface area contributed by atoms with Crippen LogP contribution >= 0.6 is 11.8 Å². The number of fused-ring (bicyclic) bond motifs is 1. The van der Waals surface area contributed by atoms with E-state index in [1.165, 1.54) is 11.8 Å². The van der Waals surface area contributed by atoms with Crippen LogP contribution in [-0.2, 0) is 4.79 Å². The molecule has 0 aliphatic heterocycles. The summed E-state index contributed by atoms with van der Waals surface area (Å²) in [6, 6.07) is 3.78. The number of nitrogens with zero attached hydrogens (tertiary/aromatic N) is 4. The van der Waals surface area contributed by atoms with Crippen molar-refractivity contribution in [2.75, 3.05) is 24.9 Å². The smallest absolute Gasteiger partial charge is 0.313 e. The van der Waals surface area contributed by atoms with Gasteiger partial charge in [-0.15, -0.1) is 0 Å². The van der Waals surface area contributed by atoms with Crippen molar-refractivity contribution in [3.63, 3.8) is 0 Å². The number of hydrogen-bond donors (Lipinski definition) is 1. The maximum atomic E-state index is 10.6. The molecule has 0 aliphatic rings. The lowest BCUT2D eigenvalue weighted by molar-refractivity contribution is -0.133. The van der Waals surface area contributed by atoms with E-state index in [1.54, 1.807) is 0 Å². The fraction of sp³-hybridized carbons (Fsp3) is 0.364. The number of aryl methyl sites for hydroxylation is 1. The van der Waals surface area contributed by atoms with Crippen molar-refractivity contribution >= 4 is 28.9 Å². The van der Waals surface area contributed by atoms with Gasteiger partial charge < -0.3 is 10.1 Å². The normalized spacial score (nSPS) is 10.8. The molecule has 96 valence electrons. The lowest BCUT2D eigenvalue weighted by Gasteiger charge is -2.16. The summed E-state index contributed by atoms with van der Waals surface area (Å²) >= 11 is 1.19. The first-order chi connectivity index (χ1) is 8.49. The first-order valence-corrected chi connectivity index (χ1v) is 6.36. The maximum Gasteiger partial charge on any atom is 0.313 e. The minimum Gasteiger partial charge on any atom is -0.481 e. The van der Waals surface area contributed by atoms with Gasteiger partial charge in [-0.05, 0) is 19.1 Å². The van der Waals surface area contributed by atoms with Crippen LogP contribution in [0.15, 0.2) is 17.3 Å². The lowest BCUT2D eigenvalue weighted by atomic mass is 10.3. The molecule has 2 heterocycles. The van der Waals surface area contributed by atoms with Gasteiger partial charge in [0.15, 0.2) is 10.8 Å². The summed E-state index contributed by atoms with van der Waals surface area (Å²) in [6.45, 7) is 1.91. The Kier molecular flexibility index (Phi) is 3.42. The zero-order valence-electron chi connectivity index (χ0n) is 10.4. The van der Waals surface area contributed by atoms with Gasteiger partial charge in [-0.3, -0.25) is 4.79 Å². The molecule has 0 radical (unpaired) electrons. The molecule has 6 nitrogen and oxygen atoms in total. The number of imidazole rings is 1. The molecule has 0 saturated carbocycles. The Labute approximate surface area is 109 Å². The third-order valence-corrected chi connectivity index (χ3v) is 3.23. The van der Waals surface area contributed by atoms with Crippen LogP contribution in [0.3, 0.4) is 0 Å². The van der Waals surface area contributed by atoms with E-state index in [1.807, 2.05) is 42.8 Å². The van der Waals surface area contributed by atoms with Crippen molar-refractivity contribution in [1.29, 1.82) is 0 Å². The Morgan fingerprint density at radius 1 is 1.44 bits per heavy atom. The van der Waals surface area contributed by atoms with Crippen molar-refractivity contribution in [2.45, 2.75) is 12.1 Å². The number of thioether (sulfide) groups is 1. The van der Waals surface area contributed by atoms with E-state index in [0.29, 0.717) is 5.16 Å². The van der Waals surface area contributed by atoms with E-state index in [-0.39, 0.29) is 5.75 Å². The van der Waals surface area contributed by atoms with E-state index in [0.717, 1.165) is 16.9 Å². The number of rotatable bonds is 4. The molecule has 0 saturated heterocycles. The van der Waals surface area contributed by atoms with Gasteiger partial charge in [-0.2, -0.15) is 0 Å². The van der Waals surface area contributed by atoms with Crippen molar-refractivity contribution in [3.8, 4) is 0 Å². The predicted molar refractivity (Wildman–Crippen MR) is 70.7 cm³/mol. The first kappa shape index (κ1) is 12.7. The Morgan fingerprint density at radius 3 is 2.78 bits per heavy atom. The number of aromatic nitrogens is 3. The second-order valence-corrected chi connectivity index (χ2v) is 4.97. The molecule has 2 rings (SSSR count). The average Bonchev–Trinajstić information content (AvgIpc) is 2.63. The predicted octanol–water partition coefficient (Wildman–Crippen LogP) is 1.11. The molecule has 1 N–H and O–H groups in total. The van der Waals surface area contributed by atoms with Crippen molar-refractivity contribution < 1.29 is 9.90 Å². The molecule has 0 atom stereocenters. The minimum atomic E-state index is -0.860. The first-order valence-electron chi connectivity index (χ1n) is 5.37. The number of hydrogen-bond acceptors (Lipinski definition) is 5. The number of pyridine rings is 1. The van der Waals surface area contributed by atoms with E-state index in [4.69, 9.17) is 5.11 Å². The molecule has 0 aliphatic carbocycles. The average molecular weight is 266 g/mol. The van der Waals surface area contributed by atoms with Crippen LogP contribution in [0.4, 0.5) is 0 Å². The second-order valence-electron chi connectivity index (χ2n) is 4.03. The largest absolute Gasteiger partial charge is 0.481 e. The van der Waals surface area contributed by atoms with Gasteiger partial charge >= 0.3 is 5.97 Å². The zero-order chi connectivity index (χ0) is 13.3. The summed E-state index contributed by atoms with van der Waals surface area (Å²) in [5.41, 5.74) is 2.41. The Hall–Kier alpha value is -1.76. The molecule has 0 unspecified atom stereocenters. The van der Waals surface area contributed by atoms with Crippen LogP contribution in [0.5, 0.6) is 0 Å². The highest BCUT2D eigenvalue weighted by atomic mass is 32.2. The SMILES string of the molecule is Cc1ccc2nc(SCC(=O)O)n(N(C)C)c2n1. The van der Waals surface area contributed by atoms with E-state index < -0.39 is 5.97 Å². The van der Waals surface area contributed by atoms with Crippen LogP contribution in [0.2, 0.25) is 0 Å². The van der Waals surface area contributed by atoms with Crippen LogP contribution in [0.1, 0.15) is 5.69 Å². The highest BCUT2D eigenvalue weighted by molar-refractivity contribution is 7.99. The topological polar surface area (TPSA) is 71.2 Å². The fourth-order valence-electron chi connectivity index (χ4n) is 1.60. The van der Waals surface area contributed by atoms with Crippen LogP contribution in [0, 0.1) is 6.92 Å². The molecular weight excluding hydrogens is 252 g/mol. The number of carboxylic acids is 1. The zero-order valence-corrected chi connectivity index (χ0v) is 11.2. The number of carboxylic acid groups (broad SMARTS) is 1. The van der Waals surface area contributed by atoms with Gasteiger partial charge in [0.1, 0.15) is 5.52 Å². The van der Waals surface area contributed by atoms with Gasteiger partial charge in [-0.1, -0.05) is 11.8 Å². The number of carbonyl (C=O) groups is 1. The standard InChI is InChI=1S/C11H14N4O2S/c1-7-4-5-8-10(12-7)15(14(2)3)11(13-8)18-6-9(16)17/h4-5H,6H2,1-3H3,(H,16,17). The summed E-state index contributed by atoms with van der Waals surface area (Å²) in [4.78, 5) is 19.5. The molecule has 18 heavy (non-hydrogen) atoms. The van der Waals surface area contributed by atoms with E-state index in [2.05, 4.69) is 9.97 Å². The molecule has 2 aromatic heterocycles. The highest BCUT2D eigenvalue weighted by Crippen LogP contribution is 2.22. The van der Waals surface area contributed by atoms with Crippen molar-refractivity contribution in [3.05, 3.63) is 17.8 Å². The Balaban J connectivity index is 2.51. The summed E-state index contributed by atoms with van der Waals surface area (Å²) in [7, 11) is 3.74. The monoisotopic (exact) mass is 266 g/mol. The van der Waals surface area contributed by atoms with E-state index >= 15 is 0 Å². The maximum absolute atomic E-state index is 10.6. The molecule has 7 heteroatoms. The molecule has 0 aromatic carbocycles. The Bertz CT molecular complexity index is 594. The molecule has 0 fully saturated rings. The van der Waals surface area contributed by atoms with E-state index in [9.17, 15) is 4.79 Å². The summed E-state index contributed by atoms with van der Waals surface area (Å²) in [5, 5.41) is 11.2. The second kappa shape index (κ2) is 4.85. The third-order valence-electron chi connectivity index (χ3n) is 2.32. The molecular formula is C11H14N4O2S. The molecule has 0 amide bonds. The minimum absolute atomic E-state index is 0.0177. The molecule has 2 aromatic rings. The molecule has 0 bridgehead atoms. The van der Waals surface area contributed by atoms with Gasteiger partial charge in [0.2, 0.25) is 0 Å². The summed E-state index contributed by atoms with van der Waals surface area (Å²) < 4.78 is 1.82. The van der Waals surface area contributed by atoms with Gasteiger partial charge in [-0.25, -0.2) is 14.6 Å². The fourth-order valence-corrected chi connectivity index (χ4v) is 2.39. The lowest BCUT2D eigenvalue weighted by Crippen LogP contribution is -2.26. The van der Waals surface area contributed by atoms with Crippen LogP contribution < -0.4 is 5.01 Å². The van der Waals surface area contributed by atoms with Crippen molar-refractivity contribution in [1.82, 2.24) is 14.6 Å². The quantitative estimate of drug-likeness (QED) is 0.836. The highest BCUT2D eigenvalue weighted by Gasteiger charge is 2.15. The number of aliphatic carboxylic acids is 1. The van der Waals surface area contributed by atoms with Crippen molar-refractivity contribution in [2.24, 2.45) is 0 Å². The summed E-state index contributed by atoms with van der Waals surface area (Å²) in [6.07, 6.45) is 0. The van der Waals surface area contributed by atoms with Crippen LogP contribution in [0.25, 0.3) is 11.2 Å². The summed E-state index contributed by atoms with van der Waals surface area (Å²) in [5.74, 6) is -0.877. The van der Waals surface area contributed by atoms with Gasteiger partial charge in [0.25, 0.3) is 0 Å². The Morgan fingerprint density at radius 2 is 2.17 bits per heavy atom. The van der Waals surface area contributed by atoms with Gasteiger partial charge in [0.05, 0.1) is 5.75 Å². The van der Waals surface area contributed by atoms with Gasteiger partial charge in [0, 0.05) is 19.8 Å². The van der Waals surface area contributed by atoms with Crippen LogP contribution in [-0.4, -0.2) is 45.6 Å².